The minimum atomic E-state index is -0.278. The Labute approximate surface area is 114 Å². The largest absolute Gasteiger partial charge is 0.383 e. The lowest BCUT2D eigenvalue weighted by molar-refractivity contribution is -0.140. The molecule has 2 amide bonds. The summed E-state index contributed by atoms with van der Waals surface area (Å²) < 4.78 is 1.58. The number of nitrogens with zero attached hydrogens (tertiary/aromatic N) is 5. The Morgan fingerprint density at radius 3 is 2.80 bits per heavy atom. The standard InChI is InChI=1S/C12H14N6O2/c1-6-3-9(19)18(12(6)20)5-8-15-10(13)7-4-14-17(2)11(7)16-8/h4,6H,3,5H2,1-2H3,(H2,13,15,16). The van der Waals surface area contributed by atoms with E-state index in [4.69, 9.17) is 5.73 Å². The van der Waals surface area contributed by atoms with E-state index >= 15 is 0 Å². The van der Waals surface area contributed by atoms with Crippen molar-refractivity contribution < 1.29 is 9.59 Å². The van der Waals surface area contributed by atoms with Crippen molar-refractivity contribution in [3.05, 3.63) is 12.0 Å². The Morgan fingerprint density at radius 2 is 2.15 bits per heavy atom. The minimum absolute atomic E-state index is 0.0489. The van der Waals surface area contributed by atoms with Gasteiger partial charge in [-0.2, -0.15) is 5.10 Å². The molecular weight excluding hydrogens is 260 g/mol. The van der Waals surface area contributed by atoms with Gasteiger partial charge in [0, 0.05) is 19.4 Å². The Morgan fingerprint density at radius 1 is 1.40 bits per heavy atom. The van der Waals surface area contributed by atoms with E-state index in [1.54, 1.807) is 24.9 Å². The van der Waals surface area contributed by atoms with Gasteiger partial charge in [-0.25, -0.2) is 9.97 Å². The third kappa shape index (κ3) is 1.80. The average Bonchev–Trinajstić information content (AvgIpc) is 2.87. The fourth-order valence-corrected chi connectivity index (χ4v) is 2.32. The Kier molecular flexibility index (Phi) is 2.66. The summed E-state index contributed by atoms with van der Waals surface area (Å²) in [6.07, 6.45) is 1.82. The predicted octanol–water partition coefficient (Wildman–Crippen LogP) is -0.160. The fraction of sp³-hybridized carbons (Fsp3) is 0.417. The molecule has 0 aromatic carbocycles. The van der Waals surface area contributed by atoms with Crippen molar-refractivity contribution in [2.24, 2.45) is 13.0 Å². The van der Waals surface area contributed by atoms with Gasteiger partial charge in [-0.3, -0.25) is 19.2 Å². The molecule has 1 saturated heterocycles. The SMILES string of the molecule is CC1CC(=O)N(Cc2nc(N)c3cnn(C)c3n2)C1=O. The first-order valence-electron chi connectivity index (χ1n) is 6.25. The lowest BCUT2D eigenvalue weighted by Crippen LogP contribution is -2.30. The molecule has 0 radical (unpaired) electrons. The summed E-state index contributed by atoms with van der Waals surface area (Å²) in [7, 11) is 1.74. The lowest BCUT2D eigenvalue weighted by Gasteiger charge is -2.13. The van der Waals surface area contributed by atoms with Crippen LogP contribution in [0.3, 0.4) is 0 Å². The molecule has 0 bridgehead atoms. The first-order chi connectivity index (χ1) is 9.47. The van der Waals surface area contributed by atoms with Gasteiger partial charge >= 0.3 is 0 Å². The second kappa shape index (κ2) is 4.26. The van der Waals surface area contributed by atoms with Gasteiger partial charge < -0.3 is 5.73 Å². The van der Waals surface area contributed by atoms with Crippen molar-refractivity contribution >= 4 is 28.7 Å². The highest BCUT2D eigenvalue weighted by molar-refractivity contribution is 6.03. The Bertz CT molecular complexity index is 722. The van der Waals surface area contributed by atoms with Crippen molar-refractivity contribution in [2.75, 3.05) is 5.73 Å². The van der Waals surface area contributed by atoms with Crippen molar-refractivity contribution in [1.29, 1.82) is 0 Å². The summed E-state index contributed by atoms with van der Waals surface area (Å²) >= 11 is 0. The molecule has 1 fully saturated rings. The monoisotopic (exact) mass is 274 g/mol. The molecule has 3 rings (SSSR count). The Balaban J connectivity index is 1.97. The zero-order valence-corrected chi connectivity index (χ0v) is 11.2. The molecule has 0 aliphatic carbocycles. The van der Waals surface area contributed by atoms with Gasteiger partial charge in [-0.1, -0.05) is 6.92 Å². The van der Waals surface area contributed by atoms with E-state index in [-0.39, 0.29) is 30.7 Å². The molecular formula is C12H14N6O2. The van der Waals surface area contributed by atoms with Crippen LogP contribution in [0, 0.1) is 5.92 Å². The highest BCUT2D eigenvalue weighted by Gasteiger charge is 2.36. The maximum absolute atomic E-state index is 11.9. The van der Waals surface area contributed by atoms with E-state index in [0.717, 1.165) is 0 Å². The number of carbonyl (C=O) groups excluding carboxylic acids is 2. The molecule has 20 heavy (non-hydrogen) atoms. The van der Waals surface area contributed by atoms with Crippen LogP contribution in [0.25, 0.3) is 11.0 Å². The maximum Gasteiger partial charge on any atom is 0.232 e. The van der Waals surface area contributed by atoms with Gasteiger partial charge in [0.1, 0.15) is 5.82 Å². The van der Waals surface area contributed by atoms with E-state index in [0.29, 0.717) is 22.7 Å². The maximum atomic E-state index is 11.9. The van der Waals surface area contributed by atoms with E-state index in [1.807, 2.05) is 0 Å². The minimum Gasteiger partial charge on any atom is -0.383 e. The second-order valence-electron chi connectivity index (χ2n) is 4.95. The third-order valence-corrected chi connectivity index (χ3v) is 3.44. The number of aromatic nitrogens is 4. The van der Waals surface area contributed by atoms with Crippen LogP contribution in [-0.2, 0) is 23.2 Å². The number of imide groups is 1. The molecule has 2 aromatic heterocycles. The van der Waals surface area contributed by atoms with Crippen molar-refractivity contribution in [3.8, 4) is 0 Å². The number of amides is 2. The van der Waals surface area contributed by atoms with Gasteiger partial charge in [0.25, 0.3) is 0 Å². The number of hydrogen-bond donors (Lipinski definition) is 1. The molecule has 1 atom stereocenters. The summed E-state index contributed by atoms with van der Waals surface area (Å²) in [4.78, 5) is 33.3. The van der Waals surface area contributed by atoms with Crippen LogP contribution in [0.5, 0.6) is 0 Å². The summed E-state index contributed by atoms with van der Waals surface area (Å²) in [6.45, 7) is 1.78. The molecule has 3 heterocycles. The van der Waals surface area contributed by atoms with Gasteiger partial charge in [0.15, 0.2) is 11.5 Å². The quantitative estimate of drug-likeness (QED) is 0.762. The summed E-state index contributed by atoms with van der Waals surface area (Å²) in [6, 6.07) is 0. The van der Waals surface area contributed by atoms with E-state index in [2.05, 4.69) is 15.1 Å². The first-order valence-corrected chi connectivity index (χ1v) is 6.25. The third-order valence-electron chi connectivity index (χ3n) is 3.44. The lowest BCUT2D eigenvalue weighted by atomic mass is 10.1. The van der Waals surface area contributed by atoms with E-state index < -0.39 is 0 Å². The summed E-state index contributed by atoms with van der Waals surface area (Å²) in [5.41, 5.74) is 6.43. The van der Waals surface area contributed by atoms with Crippen molar-refractivity contribution in [3.63, 3.8) is 0 Å². The summed E-state index contributed by atoms with van der Waals surface area (Å²) in [5, 5.41) is 4.71. The van der Waals surface area contributed by atoms with Gasteiger partial charge in [0.2, 0.25) is 11.8 Å². The normalized spacial score (nSPS) is 19.3. The van der Waals surface area contributed by atoms with Crippen molar-refractivity contribution in [1.82, 2.24) is 24.6 Å². The number of hydrogen-bond acceptors (Lipinski definition) is 6. The number of likely N-dealkylation sites (tertiary alicyclic amines) is 1. The molecule has 0 spiro atoms. The van der Waals surface area contributed by atoms with Crippen LogP contribution in [-0.4, -0.2) is 36.5 Å². The van der Waals surface area contributed by atoms with Gasteiger partial charge in [0.05, 0.1) is 18.1 Å². The van der Waals surface area contributed by atoms with Crippen LogP contribution >= 0.6 is 0 Å². The highest BCUT2D eigenvalue weighted by Crippen LogP contribution is 2.22. The molecule has 2 N–H and O–H groups in total. The summed E-state index contributed by atoms with van der Waals surface area (Å²) in [5.74, 6) is -0.0306. The molecule has 1 aliphatic rings. The molecule has 1 unspecified atom stereocenters. The molecule has 2 aromatic rings. The topological polar surface area (TPSA) is 107 Å². The molecule has 8 nitrogen and oxygen atoms in total. The Hall–Kier alpha value is -2.51. The smallest absolute Gasteiger partial charge is 0.232 e. The van der Waals surface area contributed by atoms with Crippen LogP contribution in [0.15, 0.2) is 6.20 Å². The zero-order valence-electron chi connectivity index (χ0n) is 11.2. The van der Waals surface area contributed by atoms with Crippen LogP contribution < -0.4 is 5.73 Å². The average molecular weight is 274 g/mol. The van der Waals surface area contributed by atoms with E-state index in [9.17, 15) is 9.59 Å². The van der Waals surface area contributed by atoms with Crippen molar-refractivity contribution in [2.45, 2.75) is 19.9 Å². The number of rotatable bonds is 2. The van der Waals surface area contributed by atoms with Crippen LogP contribution in [0.1, 0.15) is 19.2 Å². The van der Waals surface area contributed by atoms with Crippen LogP contribution in [0.4, 0.5) is 5.82 Å². The zero-order chi connectivity index (χ0) is 14.4. The number of fused-ring (bicyclic) bond motifs is 1. The number of aryl methyl sites for hydroxylation is 1. The van der Waals surface area contributed by atoms with Crippen LogP contribution in [0.2, 0.25) is 0 Å². The molecule has 0 saturated carbocycles. The number of nitrogens with two attached hydrogens (primary N) is 1. The predicted molar refractivity (Wildman–Crippen MR) is 70.1 cm³/mol. The first kappa shape index (κ1) is 12.5. The van der Waals surface area contributed by atoms with E-state index in [1.165, 1.54) is 4.90 Å². The highest BCUT2D eigenvalue weighted by atomic mass is 16.2. The fourth-order valence-electron chi connectivity index (χ4n) is 2.32. The number of anilines is 1. The number of nitrogen functional groups attached to an aromatic ring is 1. The molecule has 104 valence electrons. The molecule has 8 heteroatoms. The van der Waals surface area contributed by atoms with Gasteiger partial charge in [-0.15, -0.1) is 0 Å². The van der Waals surface area contributed by atoms with Gasteiger partial charge in [-0.05, 0) is 0 Å². The number of carbonyl (C=O) groups is 2. The second-order valence-corrected chi connectivity index (χ2v) is 4.95. The molecule has 1 aliphatic heterocycles.